The van der Waals surface area contributed by atoms with E-state index in [0.29, 0.717) is 24.5 Å². The van der Waals surface area contributed by atoms with Crippen LogP contribution < -0.4 is 39.0 Å². The van der Waals surface area contributed by atoms with Crippen LogP contribution >= 0.6 is 0 Å². The van der Waals surface area contributed by atoms with E-state index in [1.165, 1.54) is 6.33 Å². The fourth-order valence-electron chi connectivity index (χ4n) is 4.55. The van der Waals surface area contributed by atoms with E-state index in [2.05, 4.69) is 40.1 Å². The molecular formula is C32H21BF12N10NaO4. The number of halogens is 12. The average Bonchev–Trinajstić information content (AvgIpc) is 3.86. The zero-order chi connectivity index (χ0) is 42.5. The third-order valence-electron chi connectivity index (χ3n) is 7.06. The van der Waals surface area contributed by atoms with Gasteiger partial charge in [0.15, 0.2) is 17.2 Å². The van der Waals surface area contributed by atoms with Crippen molar-refractivity contribution in [3.8, 4) is 23.3 Å². The normalized spacial score (nSPS) is 12.3. The number of pyridine rings is 4. The van der Waals surface area contributed by atoms with Crippen molar-refractivity contribution in [2.45, 2.75) is 43.9 Å². The molecule has 0 saturated heterocycles. The van der Waals surface area contributed by atoms with E-state index in [9.17, 15) is 62.6 Å². The van der Waals surface area contributed by atoms with Crippen molar-refractivity contribution in [3.05, 3.63) is 120 Å². The maximum atomic E-state index is 13.4. The molecule has 311 valence electrons. The Morgan fingerprint density at radius 1 is 0.650 bits per heavy atom. The molecule has 0 aliphatic rings. The monoisotopic (exact) mass is 871 g/mol. The van der Waals surface area contributed by atoms with E-state index in [4.69, 9.17) is 9.47 Å². The Morgan fingerprint density at radius 2 is 1.12 bits per heavy atom. The Balaban J connectivity index is 0.000000400. The molecule has 0 aromatic carbocycles. The van der Waals surface area contributed by atoms with Crippen molar-refractivity contribution >= 4 is 14.2 Å². The van der Waals surface area contributed by atoms with E-state index >= 15 is 0 Å². The third kappa shape index (κ3) is 13.2. The SMILES string of the molecule is O=C(Cn1cncn1)c1ccc(Oc2ccc(C(F)(F)F)nc2)nc1C(F)(F)F.OC(Cn1cncn1)c1ccc(Oc2ccc(C(F)(F)F)nc2)nc1C(F)(F)F.[B].[H-].[Na+]. The topological polar surface area (TPSA) is 169 Å². The van der Waals surface area contributed by atoms with Crippen LogP contribution in [0.2, 0.25) is 0 Å². The predicted octanol–water partition coefficient (Wildman–Crippen LogP) is 4.15. The fourth-order valence-corrected chi connectivity index (χ4v) is 4.55. The molecule has 0 amide bonds. The van der Waals surface area contributed by atoms with Gasteiger partial charge in [-0.25, -0.2) is 34.6 Å². The van der Waals surface area contributed by atoms with Crippen molar-refractivity contribution in [1.82, 2.24) is 49.5 Å². The Morgan fingerprint density at radius 3 is 1.53 bits per heavy atom. The summed E-state index contributed by atoms with van der Waals surface area (Å²) < 4.78 is 168. The molecular weight excluding hydrogens is 850 g/mol. The van der Waals surface area contributed by atoms with Crippen LogP contribution in [0, 0.1) is 0 Å². The number of carbonyl (C=O) groups excluding carboxylic acids is 1. The Bertz CT molecular complexity index is 2300. The summed E-state index contributed by atoms with van der Waals surface area (Å²) >= 11 is 0. The van der Waals surface area contributed by atoms with E-state index in [-0.39, 0.29) is 57.4 Å². The van der Waals surface area contributed by atoms with Gasteiger partial charge in [-0.05, 0) is 36.4 Å². The Hall–Kier alpha value is -5.67. The molecule has 6 aromatic heterocycles. The van der Waals surface area contributed by atoms with Gasteiger partial charge in [0.05, 0.1) is 24.5 Å². The van der Waals surface area contributed by atoms with Gasteiger partial charge in [-0.15, -0.1) is 0 Å². The molecule has 6 aromatic rings. The second kappa shape index (κ2) is 19.6. The minimum absolute atomic E-state index is 0. The number of nitrogens with zero attached hydrogens (tertiary/aromatic N) is 10. The summed E-state index contributed by atoms with van der Waals surface area (Å²) in [5.74, 6) is -2.53. The number of ether oxygens (including phenoxy) is 2. The first-order valence-corrected chi connectivity index (χ1v) is 15.5. The average molecular weight is 871 g/mol. The van der Waals surface area contributed by atoms with Gasteiger partial charge in [0.1, 0.15) is 60.8 Å². The van der Waals surface area contributed by atoms with Crippen molar-refractivity contribution in [2.24, 2.45) is 0 Å². The maximum Gasteiger partial charge on any atom is 1.00 e. The summed E-state index contributed by atoms with van der Waals surface area (Å²) in [7, 11) is 0. The number of rotatable bonds is 10. The van der Waals surface area contributed by atoms with Crippen LogP contribution in [0.15, 0.2) is 86.2 Å². The zero-order valence-electron chi connectivity index (χ0n) is 30.8. The van der Waals surface area contributed by atoms with Crippen LogP contribution in [-0.4, -0.2) is 68.8 Å². The molecule has 0 fully saturated rings. The van der Waals surface area contributed by atoms with Gasteiger partial charge in [0.25, 0.3) is 0 Å². The quantitative estimate of drug-likeness (QED) is 0.119. The van der Waals surface area contributed by atoms with Gasteiger partial charge in [0, 0.05) is 26.1 Å². The van der Waals surface area contributed by atoms with Crippen molar-refractivity contribution in [3.63, 3.8) is 0 Å². The van der Waals surface area contributed by atoms with Crippen LogP contribution in [0.25, 0.3) is 0 Å². The first kappa shape index (κ1) is 48.7. The standard InChI is InChI=1S/C16H11F6N5O2.C16H9F6N5O2.B.Na.H/c2*17-15(18,19)12-3-1-9(5-24-12)29-13-4-2-10(14(26-13)16(20,21)22)11(28)6-27-8-23-7-25-27;;;/h1-5,7-8,11,28H,6H2;1-5,7-8H,6H2;;;/q;;;+1;-1. The number of aromatic nitrogens is 10. The molecule has 3 radical (unpaired) electrons. The molecule has 0 spiro atoms. The molecule has 14 nitrogen and oxygen atoms in total. The van der Waals surface area contributed by atoms with Crippen LogP contribution in [0.3, 0.4) is 0 Å². The number of hydrogen-bond donors (Lipinski definition) is 1. The minimum atomic E-state index is -4.98. The molecule has 0 aliphatic heterocycles. The molecule has 1 N–H and O–H groups in total. The number of ketones is 1. The van der Waals surface area contributed by atoms with Gasteiger partial charge >= 0.3 is 54.3 Å². The first-order chi connectivity index (χ1) is 27.1. The molecule has 60 heavy (non-hydrogen) atoms. The molecule has 6 heterocycles. The largest absolute Gasteiger partial charge is 1.00 e. The van der Waals surface area contributed by atoms with E-state index < -0.39 is 88.8 Å². The zero-order valence-corrected chi connectivity index (χ0v) is 31.8. The van der Waals surface area contributed by atoms with Gasteiger partial charge in [-0.1, -0.05) is 0 Å². The number of alkyl halides is 12. The van der Waals surface area contributed by atoms with Crippen LogP contribution in [0.4, 0.5) is 52.7 Å². The van der Waals surface area contributed by atoms with E-state index in [1.54, 1.807) is 0 Å². The van der Waals surface area contributed by atoms with Crippen LogP contribution in [0.5, 0.6) is 23.3 Å². The minimum Gasteiger partial charge on any atom is -1.00 e. The van der Waals surface area contributed by atoms with Crippen LogP contribution in [-0.2, 0) is 37.8 Å². The van der Waals surface area contributed by atoms with Gasteiger partial charge < -0.3 is 16.0 Å². The summed E-state index contributed by atoms with van der Waals surface area (Å²) in [6.07, 6.45) is -14.8. The summed E-state index contributed by atoms with van der Waals surface area (Å²) in [6.45, 7) is -0.790. The number of aliphatic hydroxyl groups excluding tert-OH is 1. The summed E-state index contributed by atoms with van der Waals surface area (Å²) in [4.78, 5) is 32.4. The summed E-state index contributed by atoms with van der Waals surface area (Å²) in [5, 5.41) is 17.5. The number of carbonyl (C=O) groups is 1. The van der Waals surface area contributed by atoms with Gasteiger partial charge in [-0.3, -0.25) is 9.48 Å². The van der Waals surface area contributed by atoms with E-state index in [0.717, 1.165) is 64.7 Å². The molecule has 28 heteroatoms. The van der Waals surface area contributed by atoms with E-state index in [1.807, 2.05) is 0 Å². The molecule has 1 unspecified atom stereocenters. The van der Waals surface area contributed by atoms with Gasteiger partial charge in [-0.2, -0.15) is 62.9 Å². The smallest absolute Gasteiger partial charge is 1.00 e. The Kier molecular flexibility index (Phi) is 15.9. The molecule has 0 saturated carbocycles. The second-order valence-electron chi connectivity index (χ2n) is 11.2. The van der Waals surface area contributed by atoms with Crippen molar-refractivity contribution in [2.75, 3.05) is 0 Å². The van der Waals surface area contributed by atoms with Gasteiger partial charge in [0.2, 0.25) is 11.8 Å². The summed E-state index contributed by atoms with van der Waals surface area (Å²) in [5.41, 5.74) is -6.51. The molecule has 6 rings (SSSR count). The number of hydrogen-bond acceptors (Lipinski definition) is 12. The molecule has 0 bridgehead atoms. The van der Waals surface area contributed by atoms with Crippen LogP contribution in [0.1, 0.15) is 46.2 Å². The second-order valence-corrected chi connectivity index (χ2v) is 11.2. The van der Waals surface area contributed by atoms with Crippen molar-refractivity contribution in [1.29, 1.82) is 0 Å². The predicted molar refractivity (Wildman–Crippen MR) is 173 cm³/mol. The number of aliphatic hydroxyl groups is 1. The third-order valence-corrected chi connectivity index (χ3v) is 7.06. The number of Topliss-reactive ketones (excluding diaryl/α,β-unsaturated/α-hetero) is 1. The maximum absolute atomic E-state index is 13.4. The van der Waals surface area contributed by atoms with Crippen molar-refractivity contribution < 1.29 is 103 Å². The molecule has 0 aliphatic carbocycles. The first-order valence-electron chi connectivity index (χ1n) is 15.5. The molecule has 1 atom stereocenters. The summed E-state index contributed by atoms with van der Waals surface area (Å²) in [6, 6.07) is 6.87. The fraction of sp³-hybridized carbons (Fsp3) is 0.219. The Labute approximate surface area is 353 Å².